The second-order valence-electron chi connectivity index (χ2n) is 3.70. The Kier molecular flexibility index (Phi) is 4.98. The number of allylic oxidation sites excluding steroid dienone is 2. The maximum atomic E-state index is 11.4. The Morgan fingerprint density at radius 1 is 1.50 bits per heavy atom. The van der Waals surface area contributed by atoms with Crippen molar-refractivity contribution in [3.05, 3.63) is 11.8 Å². The Bertz CT molecular complexity index is 295. The zero-order chi connectivity index (χ0) is 12.0. The molecule has 0 saturated heterocycles. The van der Waals surface area contributed by atoms with Crippen LogP contribution < -0.4 is 0 Å². The summed E-state index contributed by atoms with van der Waals surface area (Å²) in [7, 11) is 1.52. The number of methoxy groups -OCH3 is 1. The molecule has 1 rings (SSSR count). The van der Waals surface area contributed by atoms with Crippen LogP contribution >= 0.6 is 0 Å². The highest BCUT2D eigenvalue weighted by Crippen LogP contribution is 2.23. The first-order chi connectivity index (χ1) is 7.61. The lowest BCUT2D eigenvalue weighted by Gasteiger charge is -2.21. The van der Waals surface area contributed by atoms with Crippen LogP contribution in [0.3, 0.4) is 0 Å². The Hall–Kier alpha value is -1.36. The highest BCUT2D eigenvalue weighted by molar-refractivity contribution is 5.91. The molecule has 0 aromatic carbocycles. The van der Waals surface area contributed by atoms with Crippen molar-refractivity contribution in [2.24, 2.45) is 5.92 Å². The largest absolute Gasteiger partial charge is 0.472 e. The topological polar surface area (TPSA) is 61.8 Å². The van der Waals surface area contributed by atoms with Crippen LogP contribution in [-0.2, 0) is 23.8 Å². The minimum Gasteiger partial charge on any atom is -0.472 e. The van der Waals surface area contributed by atoms with Crippen LogP contribution in [0.25, 0.3) is 0 Å². The normalized spacial score (nSPS) is 20.2. The van der Waals surface area contributed by atoms with E-state index in [1.165, 1.54) is 20.1 Å². The molecule has 0 unspecified atom stereocenters. The maximum absolute atomic E-state index is 11.4. The summed E-state index contributed by atoms with van der Waals surface area (Å²) < 4.78 is 14.8. The lowest BCUT2D eigenvalue weighted by atomic mass is 9.93. The number of carbonyl (C=O) groups excluding carboxylic acids is 2. The van der Waals surface area contributed by atoms with Gasteiger partial charge < -0.3 is 14.2 Å². The highest BCUT2D eigenvalue weighted by Gasteiger charge is 2.22. The Morgan fingerprint density at radius 3 is 2.88 bits per heavy atom. The van der Waals surface area contributed by atoms with Crippen LogP contribution in [0.1, 0.15) is 19.8 Å². The summed E-state index contributed by atoms with van der Waals surface area (Å²) in [4.78, 5) is 22.0. The Labute approximate surface area is 94.4 Å². The summed E-state index contributed by atoms with van der Waals surface area (Å²) in [5.41, 5.74) is 0. The minimum absolute atomic E-state index is 0.00509. The van der Waals surface area contributed by atoms with Crippen LogP contribution in [-0.4, -0.2) is 32.3 Å². The molecule has 0 aromatic rings. The van der Waals surface area contributed by atoms with E-state index in [9.17, 15) is 9.59 Å². The zero-order valence-corrected chi connectivity index (χ0v) is 9.52. The molecule has 0 bridgehead atoms. The molecule has 90 valence electrons. The summed E-state index contributed by atoms with van der Waals surface area (Å²) in [5, 5.41) is 0. The van der Waals surface area contributed by atoms with E-state index in [1.54, 1.807) is 0 Å². The van der Waals surface area contributed by atoms with Crippen molar-refractivity contribution in [2.75, 3.05) is 20.5 Å². The first-order valence-corrected chi connectivity index (χ1v) is 5.10. The van der Waals surface area contributed by atoms with Crippen LogP contribution in [0.2, 0.25) is 0 Å². The fourth-order valence-electron chi connectivity index (χ4n) is 1.53. The van der Waals surface area contributed by atoms with Gasteiger partial charge in [0.25, 0.3) is 0 Å². The number of carbonyl (C=O) groups is 2. The molecule has 5 nitrogen and oxygen atoms in total. The van der Waals surface area contributed by atoms with Crippen molar-refractivity contribution in [1.82, 2.24) is 0 Å². The second kappa shape index (κ2) is 6.27. The molecule has 0 aromatic heterocycles. The van der Waals surface area contributed by atoms with E-state index >= 15 is 0 Å². The standard InChI is InChI=1S/C11H16O5/c1-8(12)15-6-9-3-10(13)5-11(4-9)16-7-14-2/h5,9H,3-4,6-7H2,1-2H3/t9-/m1/s1. The van der Waals surface area contributed by atoms with Gasteiger partial charge in [-0.15, -0.1) is 0 Å². The quantitative estimate of drug-likeness (QED) is 0.519. The van der Waals surface area contributed by atoms with E-state index in [4.69, 9.17) is 14.2 Å². The molecule has 16 heavy (non-hydrogen) atoms. The van der Waals surface area contributed by atoms with Gasteiger partial charge in [-0.2, -0.15) is 0 Å². The lowest BCUT2D eigenvalue weighted by molar-refractivity contribution is -0.143. The first kappa shape index (κ1) is 12.7. The monoisotopic (exact) mass is 228 g/mol. The van der Waals surface area contributed by atoms with E-state index in [2.05, 4.69) is 0 Å². The van der Waals surface area contributed by atoms with E-state index in [1.807, 2.05) is 0 Å². The molecule has 0 fully saturated rings. The van der Waals surface area contributed by atoms with Gasteiger partial charge in [-0.05, 0) is 0 Å². The average molecular weight is 228 g/mol. The van der Waals surface area contributed by atoms with E-state index < -0.39 is 0 Å². The lowest BCUT2D eigenvalue weighted by Crippen LogP contribution is -2.21. The Balaban J connectivity index is 2.43. The summed E-state index contributed by atoms with van der Waals surface area (Å²) in [5.74, 6) is 0.263. The average Bonchev–Trinajstić information content (AvgIpc) is 2.23. The third kappa shape index (κ3) is 4.44. The van der Waals surface area contributed by atoms with Gasteiger partial charge in [-0.3, -0.25) is 9.59 Å². The number of hydrogen-bond acceptors (Lipinski definition) is 5. The third-order valence-corrected chi connectivity index (χ3v) is 2.19. The van der Waals surface area contributed by atoms with Gasteiger partial charge in [0.15, 0.2) is 12.6 Å². The zero-order valence-electron chi connectivity index (χ0n) is 9.52. The molecule has 0 heterocycles. The predicted octanol–water partition coefficient (Wildman–Crippen LogP) is 1.03. The third-order valence-electron chi connectivity index (χ3n) is 2.19. The van der Waals surface area contributed by atoms with Crippen molar-refractivity contribution >= 4 is 11.8 Å². The molecule has 0 amide bonds. The van der Waals surface area contributed by atoms with Crippen molar-refractivity contribution in [3.63, 3.8) is 0 Å². The number of esters is 1. The SMILES string of the molecule is COCOC1=CC(=O)C[C@@H](COC(C)=O)C1. The van der Waals surface area contributed by atoms with Gasteiger partial charge in [0, 0.05) is 38.9 Å². The van der Waals surface area contributed by atoms with E-state index in [-0.39, 0.29) is 31.1 Å². The van der Waals surface area contributed by atoms with Crippen LogP contribution in [0, 0.1) is 5.92 Å². The summed E-state index contributed by atoms with van der Waals surface area (Å²) in [6.07, 6.45) is 2.47. The van der Waals surface area contributed by atoms with E-state index in [0.717, 1.165) is 0 Å². The fraction of sp³-hybridized carbons (Fsp3) is 0.636. The predicted molar refractivity (Wildman–Crippen MR) is 55.4 cm³/mol. The molecule has 1 atom stereocenters. The molecule has 0 saturated carbocycles. The van der Waals surface area contributed by atoms with Crippen LogP contribution in [0.5, 0.6) is 0 Å². The smallest absolute Gasteiger partial charge is 0.302 e. The molecule has 0 N–H and O–H groups in total. The fourth-order valence-corrected chi connectivity index (χ4v) is 1.53. The maximum Gasteiger partial charge on any atom is 0.302 e. The molecular weight excluding hydrogens is 212 g/mol. The first-order valence-electron chi connectivity index (χ1n) is 5.10. The van der Waals surface area contributed by atoms with Gasteiger partial charge in [-0.1, -0.05) is 0 Å². The minimum atomic E-state index is -0.332. The van der Waals surface area contributed by atoms with Crippen LogP contribution in [0.15, 0.2) is 11.8 Å². The molecule has 0 radical (unpaired) electrons. The summed E-state index contributed by atoms with van der Waals surface area (Å²) in [6, 6.07) is 0. The summed E-state index contributed by atoms with van der Waals surface area (Å²) in [6.45, 7) is 1.73. The van der Waals surface area contributed by atoms with Crippen molar-refractivity contribution < 1.29 is 23.8 Å². The van der Waals surface area contributed by atoms with Gasteiger partial charge in [0.2, 0.25) is 0 Å². The van der Waals surface area contributed by atoms with Crippen LogP contribution in [0.4, 0.5) is 0 Å². The van der Waals surface area contributed by atoms with Gasteiger partial charge in [-0.25, -0.2) is 0 Å². The van der Waals surface area contributed by atoms with Crippen molar-refractivity contribution in [3.8, 4) is 0 Å². The number of ether oxygens (including phenoxy) is 3. The molecular formula is C11H16O5. The van der Waals surface area contributed by atoms with Gasteiger partial charge >= 0.3 is 5.97 Å². The molecule has 0 spiro atoms. The number of ketones is 1. The van der Waals surface area contributed by atoms with E-state index in [0.29, 0.717) is 18.6 Å². The number of hydrogen-bond donors (Lipinski definition) is 0. The van der Waals surface area contributed by atoms with Crippen molar-refractivity contribution in [2.45, 2.75) is 19.8 Å². The molecule has 1 aliphatic carbocycles. The summed E-state index contributed by atoms with van der Waals surface area (Å²) >= 11 is 0. The molecule has 1 aliphatic rings. The van der Waals surface area contributed by atoms with Gasteiger partial charge in [0.05, 0.1) is 6.61 Å². The molecule has 5 heteroatoms. The highest BCUT2D eigenvalue weighted by atomic mass is 16.7. The number of rotatable bonds is 5. The van der Waals surface area contributed by atoms with Gasteiger partial charge in [0.1, 0.15) is 5.76 Å². The van der Waals surface area contributed by atoms with Crippen molar-refractivity contribution in [1.29, 1.82) is 0 Å². The Morgan fingerprint density at radius 2 is 2.25 bits per heavy atom. The second-order valence-corrected chi connectivity index (χ2v) is 3.70. The molecule has 0 aliphatic heterocycles.